The summed E-state index contributed by atoms with van der Waals surface area (Å²) >= 11 is 0. The molecular formula is C15H21NO2. The van der Waals surface area contributed by atoms with Crippen LogP contribution in [0.2, 0.25) is 0 Å². The summed E-state index contributed by atoms with van der Waals surface area (Å²) < 4.78 is 5.72. The Labute approximate surface area is 109 Å². The van der Waals surface area contributed by atoms with Gasteiger partial charge < -0.3 is 9.64 Å². The first kappa shape index (κ1) is 13.1. The van der Waals surface area contributed by atoms with E-state index in [1.165, 1.54) is 5.69 Å². The molecule has 0 N–H and O–H groups in total. The molecule has 1 aliphatic heterocycles. The lowest BCUT2D eigenvalue weighted by Gasteiger charge is -2.40. The van der Waals surface area contributed by atoms with Crippen LogP contribution in [0.3, 0.4) is 0 Å². The predicted octanol–water partition coefficient (Wildman–Crippen LogP) is 2.81. The normalized spacial score (nSPS) is 24.1. The molecule has 1 heterocycles. The van der Waals surface area contributed by atoms with Crippen molar-refractivity contribution in [1.82, 2.24) is 0 Å². The van der Waals surface area contributed by atoms with Crippen molar-refractivity contribution in [3.8, 4) is 0 Å². The van der Waals surface area contributed by atoms with Crippen molar-refractivity contribution in [3.63, 3.8) is 0 Å². The Balaban J connectivity index is 2.30. The molecule has 98 valence electrons. The quantitative estimate of drug-likeness (QED) is 0.769. The maximum Gasteiger partial charge on any atom is 0.150 e. The molecule has 0 amide bonds. The zero-order valence-corrected chi connectivity index (χ0v) is 11.3. The minimum absolute atomic E-state index is 0.262. The van der Waals surface area contributed by atoms with Crippen LogP contribution in [-0.2, 0) is 4.74 Å². The van der Waals surface area contributed by atoms with Crippen LogP contribution in [0.1, 0.15) is 36.2 Å². The maximum atomic E-state index is 10.8. The van der Waals surface area contributed by atoms with E-state index >= 15 is 0 Å². The topological polar surface area (TPSA) is 29.5 Å². The first-order chi connectivity index (χ1) is 8.65. The molecule has 3 nitrogen and oxygen atoms in total. The van der Waals surface area contributed by atoms with Crippen LogP contribution in [0, 0.1) is 6.92 Å². The number of carbonyl (C=O) groups is 1. The van der Waals surface area contributed by atoms with Crippen molar-refractivity contribution in [2.45, 2.75) is 39.3 Å². The molecule has 18 heavy (non-hydrogen) atoms. The Bertz CT molecular complexity index is 431. The molecule has 2 rings (SSSR count). The fourth-order valence-corrected chi connectivity index (χ4v) is 2.55. The van der Waals surface area contributed by atoms with Crippen LogP contribution in [0.15, 0.2) is 18.2 Å². The minimum Gasteiger partial charge on any atom is -0.375 e. The molecule has 1 aromatic carbocycles. The largest absolute Gasteiger partial charge is 0.375 e. The number of hydrogen-bond acceptors (Lipinski definition) is 3. The van der Waals surface area contributed by atoms with E-state index in [0.717, 1.165) is 37.0 Å². The maximum absolute atomic E-state index is 10.8. The molecule has 2 unspecified atom stereocenters. The average molecular weight is 247 g/mol. The lowest BCUT2D eigenvalue weighted by atomic mass is 10.0. The van der Waals surface area contributed by atoms with E-state index in [4.69, 9.17) is 4.74 Å². The number of nitrogens with zero attached hydrogens (tertiary/aromatic N) is 1. The monoisotopic (exact) mass is 247 g/mol. The van der Waals surface area contributed by atoms with Crippen LogP contribution in [0.25, 0.3) is 0 Å². The summed E-state index contributed by atoms with van der Waals surface area (Å²) in [4.78, 5) is 13.2. The number of ether oxygens (including phenoxy) is 1. The summed E-state index contributed by atoms with van der Waals surface area (Å²) in [5.74, 6) is 0. The van der Waals surface area contributed by atoms with E-state index < -0.39 is 0 Å². The standard InChI is InChI=1S/C15H21NO2/c1-4-14-10-18-12(3)8-16(14)15-6-5-13(9-17)7-11(15)2/h5-7,9,12,14H,4,8,10H2,1-3H3. The summed E-state index contributed by atoms with van der Waals surface area (Å²) in [6, 6.07) is 6.33. The third-order valence-electron chi connectivity index (χ3n) is 3.61. The smallest absolute Gasteiger partial charge is 0.150 e. The molecule has 1 aromatic rings. The van der Waals surface area contributed by atoms with Gasteiger partial charge in [0.05, 0.1) is 18.8 Å². The molecule has 0 spiro atoms. The van der Waals surface area contributed by atoms with Crippen molar-refractivity contribution in [1.29, 1.82) is 0 Å². The highest BCUT2D eigenvalue weighted by molar-refractivity contribution is 5.77. The number of aldehydes is 1. The Morgan fingerprint density at radius 2 is 2.28 bits per heavy atom. The molecule has 1 fully saturated rings. The molecule has 1 saturated heterocycles. The van der Waals surface area contributed by atoms with E-state index in [1.54, 1.807) is 0 Å². The van der Waals surface area contributed by atoms with E-state index in [-0.39, 0.29) is 6.10 Å². The van der Waals surface area contributed by atoms with Gasteiger partial charge in [0, 0.05) is 17.8 Å². The van der Waals surface area contributed by atoms with Crippen molar-refractivity contribution in [2.75, 3.05) is 18.1 Å². The minimum atomic E-state index is 0.262. The lowest BCUT2D eigenvalue weighted by molar-refractivity contribution is 0.0299. The van der Waals surface area contributed by atoms with Crippen molar-refractivity contribution < 1.29 is 9.53 Å². The van der Waals surface area contributed by atoms with Gasteiger partial charge in [0.1, 0.15) is 6.29 Å². The fraction of sp³-hybridized carbons (Fsp3) is 0.533. The van der Waals surface area contributed by atoms with Crippen LogP contribution in [-0.4, -0.2) is 31.6 Å². The second-order valence-electron chi connectivity index (χ2n) is 5.02. The van der Waals surface area contributed by atoms with Crippen molar-refractivity contribution in [3.05, 3.63) is 29.3 Å². The summed E-state index contributed by atoms with van der Waals surface area (Å²) in [7, 11) is 0. The van der Waals surface area contributed by atoms with Gasteiger partial charge in [0.25, 0.3) is 0 Å². The number of carbonyl (C=O) groups excluding carboxylic acids is 1. The van der Waals surface area contributed by atoms with Gasteiger partial charge in [-0.15, -0.1) is 0 Å². The van der Waals surface area contributed by atoms with E-state index in [0.29, 0.717) is 6.04 Å². The van der Waals surface area contributed by atoms with Crippen LogP contribution in [0.5, 0.6) is 0 Å². The first-order valence-electron chi connectivity index (χ1n) is 6.59. The zero-order chi connectivity index (χ0) is 13.1. The summed E-state index contributed by atoms with van der Waals surface area (Å²) in [5.41, 5.74) is 3.13. The number of benzene rings is 1. The van der Waals surface area contributed by atoms with E-state index in [1.807, 2.05) is 12.1 Å². The van der Waals surface area contributed by atoms with Gasteiger partial charge >= 0.3 is 0 Å². The van der Waals surface area contributed by atoms with Gasteiger partial charge in [-0.25, -0.2) is 0 Å². The second kappa shape index (κ2) is 5.53. The molecule has 0 aliphatic carbocycles. The SMILES string of the molecule is CCC1COC(C)CN1c1ccc(C=O)cc1C. The number of rotatable bonds is 3. The Morgan fingerprint density at radius 1 is 1.50 bits per heavy atom. The summed E-state index contributed by atoms with van der Waals surface area (Å²) in [5, 5.41) is 0. The van der Waals surface area contributed by atoms with Gasteiger partial charge in [0.2, 0.25) is 0 Å². The third kappa shape index (κ3) is 2.56. The molecule has 0 bridgehead atoms. The highest BCUT2D eigenvalue weighted by Gasteiger charge is 2.26. The van der Waals surface area contributed by atoms with E-state index in [2.05, 4.69) is 31.7 Å². The van der Waals surface area contributed by atoms with Gasteiger partial charge in [-0.3, -0.25) is 4.79 Å². The number of morpholine rings is 1. The Morgan fingerprint density at radius 3 is 2.89 bits per heavy atom. The first-order valence-corrected chi connectivity index (χ1v) is 6.59. The molecule has 1 aliphatic rings. The number of hydrogen-bond donors (Lipinski definition) is 0. The summed E-state index contributed by atoms with van der Waals surface area (Å²) in [6.07, 6.45) is 2.23. The second-order valence-corrected chi connectivity index (χ2v) is 5.02. The van der Waals surface area contributed by atoms with Gasteiger partial charge in [-0.05, 0) is 44.0 Å². The molecular weight excluding hydrogens is 226 g/mol. The molecule has 3 heteroatoms. The van der Waals surface area contributed by atoms with Crippen LogP contribution >= 0.6 is 0 Å². The third-order valence-corrected chi connectivity index (χ3v) is 3.61. The van der Waals surface area contributed by atoms with Gasteiger partial charge in [-0.2, -0.15) is 0 Å². The molecule has 0 saturated carbocycles. The van der Waals surface area contributed by atoms with Crippen molar-refractivity contribution in [2.24, 2.45) is 0 Å². The van der Waals surface area contributed by atoms with Crippen molar-refractivity contribution >= 4 is 12.0 Å². The number of aryl methyl sites for hydroxylation is 1. The predicted molar refractivity (Wildman–Crippen MR) is 73.4 cm³/mol. The zero-order valence-electron chi connectivity index (χ0n) is 11.3. The molecule has 0 radical (unpaired) electrons. The lowest BCUT2D eigenvalue weighted by Crippen LogP contribution is -2.49. The van der Waals surface area contributed by atoms with Gasteiger partial charge in [0.15, 0.2) is 0 Å². The van der Waals surface area contributed by atoms with Gasteiger partial charge in [-0.1, -0.05) is 6.92 Å². The van der Waals surface area contributed by atoms with E-state index in [9.17, 15) is 4.79 Å². The average Bonchev–Trinajstić information content (AvgIpc) is 2.38. The van der Waals surface area contributed by atoms with Crippen LogP contribution in [0.4, 0.5) is 5.69 Å². The highest BCUT2D eigenvalue weighted by Crippen LogP contribution is 2.27. The van der Waals surface area contributed by atoms with Crippen LogP contribution < -0.4 is 4.90 Å². The summed E-state index contributed by atoms with van der Waals surface area (Å²) in [6.45, 7) is 8.06. The Hall–Kier alpha value is -1.35. The highest BCUT2D eigenvalue weighted by atomic mass is 16.5. The molecule has 2 atom stereocenters. The molecule has 0 aromatic heterocycles. The number of anilines is 1. The fourth-order valence-electron chi connectivity index (χ4n) is 2.55. The Kier molecular flexibility index (Phi) is 4.02.